The number of aliphatic hydroxyl groups excluding tert-OH is 3. The van der Waals surface area contributed by atoms with Gasteiger partial charge in [0, 0.05) is 12.8 Å². The quantitative estimate of drug-likeness (QED) is 0.0207. The van der Waals surface area contributed by atoms with Crippen LogP contribution in [0.1, 0.15) is 162 Å². The summed E-state index contributed by atoms with van der Waals surface area (Å²) in [5.41, 5.74) is 0. The molecule has 0 bridgehead atoms. The van der Waals surface area contributed by atoms with E-state index in [1.54, 1.807) is 0 Å². The number of hydrogen-bond acceptors (Lipinski definition) is 11. The Kier molecular flexibility index (Phi) is 31.8. The Bertz CT molecular complexity index is 1250. The number of esters is 2. The van der Waals surface area contributed by atoms with Crippen LogP contribution in [0.4, 0.5) is 0 Å². The fourth-order valence-electron chi connectivity index (χ4n) is 6.27. The Morgan fingerprint density at radius 3 is 1.67 bits per heavy atom. The summed E-state index contributed by atoms with van der Waals surface area (Å²) in [6.45, 7) is 3.60. The summed E-state index contributed by atoms with van der Waals surface area (Å²) in [6, 6.07) is 0. The van der Waals surface area contributed by atoms with Gasteiger partial charge in [-0.3, -0.25) is 14.1 Å². The largest absolute Gasteiger partial charge is 0.462 e. The van der Waals surface area contributed by atoms with Gasteiger partial charge < -0.3 is 34.3 Å². The minimum atomic E-state index is -4.60. The average molecular weight is 829 g/mol. The molecule has 0 aromatic rings. The predicted octanol–water partition coefficient (Wildman–Crippen LogP) is 8.39. The van der Waals surface area contributed by atoms with E-state index < -0.39 is 71.2 Å². The molecule has 0 aliphatic carbocycles. The number of unbranched alkanes of at least 4 members (excludes halogenated alkanes) is 15. The van der Waals surface area contributed by atoms with Crippen molar-refractivity contribution in [1.29, 1.82) is 0 Å². The summed E-state index contributed by atoms with van der Waals surface area (Å²) < 4.78 is 54.0. The van der Waals surface area contributed by atoms with Crippen LogP contribution in [-0.2, 0) is 38.7 Å². The number of hydrogen-bond donors (Lipinski definition) is 4. The third kappa shape index (κ3) is 29.5. The van der Waals surface area contributed by atoms with E-state index in [0.29, 0.717) is 12.8 Å². The van der Waals surface area contributed by atoms with Crippen molar-refractivity contribution in [2.45, 2.75) is 198 Å². The van der Waals surface area contributed by atoms with Crippen LogP contribution in [0.5, 0.6) is 0 Å². The molecule has 0 aromatic heterocycles. The number of ether oxygens (including phenoxy) is 4. The van der Waals surface area contributed by atoms with Gasteiger partial charge in [0.25, 0.3) is 10.1 Å². The van der Waals surface area contributed by atoms with E-state index in [9.17, 15) is 37.9 Å². The summed E-state index contributed by atoms with van der Waals surface area (Å²) >= 11 is 0. The Morgan fingerprint density at radius 2 is 1.11 bits per heavy atom. The van der Waals surface area contributed by atoms with Crippen molar-refractivity contribution in [3.05, 3.63) is 48.6 Å². The highest BCUT2D eigenvalue weighted by molar-refractivity contribution is 7.85. The predicted molar refractivity (Wildman–Crippen MR) is 224 cm³/mol. The lowest BCUT2D eigenvalue weighted by Crippen LogP contribution is -2.60. The molecule has 1 rings (SSSR count). The summed E-state index contributed by atoms with van der Waals surface area (Å²) in [6.07, 6.45) is 30.1. The lowest BCUT2D eigenvalue weighted by atomic mass is 10.00. The SMILES string of the molecule is CC/C=C\C/C=C\C/C=C\CCCCCCCC(=O)OC(COC(=O)CCCCCCC/C=C\CCCCCCC)COC1OC(CS(=O)(=O)O)C(O)C(O)C1O. The summed E-state index contributed by atoms with van der Waals surface area (Å²) in [5, 5.41) is 30.8. The first-order chi connectivity index (χ1) is 27.5. The van der Waals surface area contributed by atoms with Crippen molar-refractivity contribution in [2.24, 2.45) is 0 Å². The van der Waals surface area contributed by atoms with Crippen molar-refractivity contribution >= 4 is 22.1 Å². The molecule has 1 aliphatic heterocycles. The second-order valence-electron chi connectivity index (χ2n) is 15.0. The van der Waals surface area contributed by atoms with Crippen LogP contribution in [0.3, 0.4) is 0 Å². The van der Waals surface area contributed by atoms with Crippen molar-refractivity contribution in [3.63, 3.8) is 0 Å². The van der Waals surface area contributed by atoms with Crippen LogP contribution in [0.15, 0.2) is 48.6 Å². The monoisotopic (exact) mass is 829 g/mol. The van der Waals surface area contributed by atoms with Crippen LogP contribution < -0.4 is 0 Å². The highest BCUT2D eigenvalue weighted by Gasteiger charge is 2.46. The van der Waals surface area contributed by atoms with Crippen molar-refractivity contribution in [3.8, 4) is 0 Å². The third-order valence-corrected chi connectivity index (χ3v) is 10.4. The first-order valence-electron chi connectivity index (χ1n) is 21.7. The molecule has 1 saturated heterocycles. The molecule has 6 unspecified atom stereocenters. The number of carbonyl (C=O) groups is 2. The zero-order valence-electron chi connectivity index (χ0n) is 34.9. The van der Waals surface area contributed by atoms with E-state index in [0.717, 1.165) is 89.9 Å². The average Bonchev–Trinajstić information content (AvgIpc) is 3.17. The topological polar surface area (TPSA) is 186 Å². The second-order valence-corrected chi connectivity index (χ2v) is 16.5. The number of carbonyl (C=O) groups excluding carboxylic acids is 2. The van der Waals surface area contributed by atoms with Crippen molar-refractivity contribution in [2.75, 3.05) is 19.0 Å². The maximum absolute atomic E-state index is 12.8. The Hall–Kier alpha value is -2.39. The van der Waals surface area contributed by atoms with Gasteiger partial charge in [-0.15, -0.1) is 0 Å². The zero-order chi connectivity index (χ0) is 42.0. The maximum Gasteiger partial charge on any atom is 0.306 e. The van der Waals surface area contributed by atoms with Gasteiger partial charge >= 0.3 is 11.9 Å². The third-order valence-electron chi connectivity index (χ3n) is 9.64. The van der Waals surface area contributed by atoms with Gasteiger partial charge in [-0.1, -0.05) is 127 Å². The number of aliphatic hydroxyl groups is 3. The van der Waals surface area contributed by atoms with Crippen LogP contribution in [0, 0.1) is 0 Å². The van der Waals surface area contributed by atoms with E-state index in [1.807, 2.05) is 0 Å². The molecule has 1 aliphatic rings. The van der Waals surface area contributed by atoms with E-state index in [4.69, 9.17) is 18.9 Å². The van der Waals surface area contributed by atoms with E-state index in [2.05, 4.69) is 62.5 Å². The summed E-state index contributed by atoms with van der Waals surface area (Å²) in [7, 11) is -4.60. The molecule has 0 saturated carbocycles. The number of rotatable bonds is 35. The lowest BCUT2D eigenvalue weighted by Gasteiger charge is -2.40. The van der Waals surface area contributed by atoms with Gasteiger partial charge in [0.05, 0.1) is 6.61 Å². The first kappa shape index (κ1) is 52.6. The molecule has 0 radical (unpaired) electrons. The van der Waals surface area contributed by atoms with Crippen LogP contribution in [0.2, 0.25) is 0 Å². The van der Waals surface area contributed by atoms with Gasteiger partial charge in [-0.2, -0.15) is 8.42 Å². The zero-order valence-corrected chi connectivity index (χ0v) is 35.7. The normalized spacial score (nSPS) is 21.0. The van der Waals surface area contributed by atoms with Gasteiger partial charge in [-0.05, 0) is 70.6 Å². The number of allylic oxidation sites excluding steroid dienone is 8. The Balaban J connectivity index is 2.49. The Labute approximate surface area is 343 Å². The second kappa shape index (κ2) is 34.5. The van der Waals surface area contributed by atoms with Gasteiger partial charge in [0.2, 0.25) is 0 Å². The highest BCUT2D eigenvalue weighted by atomic mass is 32.2. The highest BCUT2D eigenvalue weighted by Crippen LogP contribution is 2.24. The molecule has 12 nitrogen and oxygen atoms in total. The smallest absolute Gasteiger partial charge is 0.306 e. The Morgan fingerprint density at radius 1 is 0.614 bits per heavy atom. The molecule has 330 valence electrons. The van der Waals surface area contributed by atoms with E-state index in [-0.39, 0.29) is 19.4 Å². The van der Waals surface area contributed by atoms with Gasteiger partial charge in [0.1, 0.15) is 36.8 Å². The minimum absolute atomic E-state index is 0.142. The van der Waals surface area contributed by atoms with E-state index >= 15 is 0 Å². The van der Waals surface area contributed by atoms with Crippen molar-refractivity contribution in [1.82, 2.24) is 0 Å². The summed E-state index contributed by atoms with van der Waals surface area (Å²) in [4.78, 5) is 25.3. The molecular weight excluding hydrogens is 753 g/mol. The molecule has 0 amide bonds. The molecule has 57 heavy (non-hydrogen) atoms. The lowest BCUT2D eigenvalue weighted by molar-refractivity contribution is -0.297. The van der Waals surface area contributed by atoms with Gasteiger partial charge in [0.15, 0.2) is 12.4 Å². The van der Waals surface area contributed by atoms with E-state index in [1.165, 1.54) is 32.1 Å². The van der Waals surface area contributed by atoms with Gasteiger partial charge in [-0.25, -0.2) is 0 Å². The van der Waals surface area contributed by atoms with Crippen LogP contribution >= 0.6 is 0 Å². The molecular formula is C44H76O12S. The first-order valence-corrected chi connectivity index (χ1v) is 23.3. The molecule has 1 heterocycles. The molecule has 13 heteroatoms. The maximum atomic E-state index is 12.8. The molecule has 4 N–H and O–H groups in total. The fraction of sp³-hybridized carbons (Fsp3) is 0.773. The standard InChI is InChI=1S/C44H76O12S/c1-3-5-7-9-11-13-15-17-19-21-23-25-27-29-31-33-40(46)55-37(35-54-44-43(49)42(48)41(47)38(56-44)36-57(50,51)52)34-53-39(45)32-30-28-26-24-22-20-18-16-14-12-10-8-6-4-2/h5,7,11,13,16-19,37-38,41-44,47-49H,3-4,6,8-10,12,14-15,20-36H2,1-2H3,(H,50,51,52)/b7-5-,13-11-,18-16-,19-17-. The molecule has 0 aromatic carbocycles. The fourth-order valence-corrected chi connectivity index (χ4v) is 6.96. The molecule has 0 spiro atoms. The molecule has 1 fully saturated rings. The van der Waals surface area contributed by atoms with Crippen LogP contribution in [0.25, 0.3) is 0 Å². The minimum Gasteiger partial charge on any atom is -0.462 e. The summed E-state index contributed by atoms with van der Waals surface area (Å²) in [5.74, 6) is -2.02. The van der Waals surface area contributed by atoms with Crippen LogP contribution in [-0.4, -0.2) is 96.0 Å². The van der Waals surface area contributed by atoms with Crippen molar-refractivity contribution < 1.29 is 56.8 Å². The molecule has 6 atom stereocenters.